The number of aryl methyl sites for hydroxylation is 1. The molecule has 0 spiro atoms. The summed E-state index contributed by atoms with van der Waals surface area (Å²) in [5, 5.41) is 3.91. The van der Waals surface area contributed by atoms with E-state index in [1.54, 1.807) is 12.1 Å². The van der Waals surface area contributed by atoms with Crippen molar-refractivity contribution >= 4 is 16.0 Å². The van der Waals surface area contributed by atoms with Gasteiger partial charge in [-0.2, -0.15) is 0 Å². The largest absolute Gasteiger partial charge is 0.744 e. The van der Waals surface area contributed by atoms with Crippen molar-refractivity contribution in [3.63, 3.8) is 0 Å². The fourth-order valence-electron chi connectivity index (χ4n) is 5.12. The smallest absolute Gasteiger partial charge is 0.273 e. The monoisotopic (exact) mass is 589 g/mol. The van der Waals surface area contributed by atoms with Crippen LogP contribution in [0.5, 0.6) is 0 Å². The van der Waals surface area contributed by atoms with Crippen LogP contribution in [0.2, 0.25) is 0 Å². The molecule has 0 radical (unpaired) electrons. The highest BCUT2D eigenvalue weighted by molar-refractivity contribution is 7.85. The molecule has 0 N–H and O–H groups in total. The fourth-order valence-corrected chi connectivity index (χ4v) is 5.59. The number of carbonyl (C=O) groups excluding carboxylic acids is 1. The first-order valence-corrected chi connectivity index (χ1v) is 16.7. The van der Waals surface area contributed by atoms with Crippen LogP contribution in [0.3, 0.4) is 0 Å². The van der Waals surface area contributed by atoms with E-state index in [1.165, 1.54) is 76.3 Å². The van der Waals surface area contributed by atoms with Gasteiger partial charge >= 0.3 is 0 Å². The summed E-state index contributed by atoms with van der Waals surface area (Å²) < 4.78 is 32.0. The molecule has 1 amide bonds. The molecule has 0 saturated carbocycles. The Bertz CT molecular complexity index is 1090. The molecule has 41 heavy (non-hydrogen) atoms. The Balaban J connectivity index is 0.000000634. The first kappa shape index (κ1) is 36.8. The van der Waals surface area contributed by atoms with Gasteiger partial charge in [-0.15, -0.1) is 0 Å². The average Bonchev–Trinajstić information content (AvgIpc) is 2.92. The summed E-state index contributed by atoms with van der Waals surface area (Å²) in [6.07, 6.45) is 14.6. The molecule has 0 bridgehead atoms. The van der Waals surface area contributed by atoms with Crippen molar-refractivity contribution < 1.29 is 22.2 Å². The summed E-state index contributed by atoms with van der Waals surface area (Å²) in [4.78, 5) is 13.1. The molecule has 2 rings (SSSR count). The van der Waals surface area contributed by atoms with Crippen LogP contribution in [0.15, 0.2) is 59.5 Å². The highest BCUT2D eigenvalue weighted by atomic mass is 32.2. The van der Waals surface area contributed by atoms with Crippen LogP contribution in [0.4, 0.5) is 0 Å². The van der Waals surface area contributed by atoms with Crippen LogP contribution in [-0.2, 0) is 10.1 Å². The quantitative estimate of drug-likeness (QED) is 0.0639. The molecule has 0 aliphatic rings. The second kappa shape index (κ2) is 19.0. The van der Waals surface area contributed by atoms with Crippen LogP contribution in [0, 0.1) is 6.92 Å². The van der Waals surface area contributed by atoms with Crippen molar-refractivity contribution in [3.8, 4) is 0 Å². The molecule has 1 unspecified atom stereocenters. The lowest BCUT2D eigenvalue weighted by atomic mass is 10.1. The molecule has 0 fully saturated rings. The van der Waals surface area contributed by atoms with Gasteiger partial charge < -0.3 is 9.04 Å². The Hall–Kier alpha value is -2.26. The number of hydrogen-bond acceptors (Lipinski definition) is 5. The van der Waals surface area contributed by atoms with E-state index < -0.39 is 10.1 Å². The maximum absolute atomic E-state index is 13.3. The molecule has 0 heterocycles. The molecular formula is C33H55N3O4S. The number of hydrazine groups is 1. The molecule has 232 valence electrons. The second-order valence-corrected chi connectivity index (χ2v) is 13.1. The lowest BCUT2D eigenvalue weighted by Gasteiger charge is -2.45. The minimum atomic E-state index is -4.27. The SMILES string of the molecule is CCCCCCCCCCCC[N+](C)(C)C(CC)N(C(=O)c1ccccc1)N(C)C.Cc1ccc(S(=O)(=O)[O-])cc1. The van der Waals surface area contributed by atoms with E-state index in [0.717, 1.165) is 28.6 Å². The fraction of sp³-hybridized carbons (Fsp3) is 0.606. The van der Waals surface area contributed by atoms with Gasteiger partial charge in [0, 0.05) is 26.1 Å². The third kappa shape index (κ3) is 14.0. The maximum atomic E-state index is 13.3. The maximum Gasteiger partial charge on any atom is 0.273 e. The number of nitrogens with zero attached hydrogens (tertiary/aromatic N) is 3. The molecule has 7 nitrogen and oxygen atoms in total. The first-order chi connectivity index (χ1) is 19.3. The summed E-state index contributed by atoms with van der Waals surface area (Å²) in [6.45, 7) is 7.39. The van der Waals surface area contributed by atoms with Gasteiger partial charge in [0.2, 0.25) is 0 Å². The summed E-state index contributed by atoms with van der Waals surface area (Å²) in [6, 6.07) is 15.4. The van der Waals surface area contributed by atoms with Gasteiger partial charge in [0.15, 0.2) is 6.17 Å². The average molecular weight is 590 g/mol. The van der Waals surface area contributed by atoms with E-state index in [0.29, 0.717) is 0 Å². The summed E-state index contributed by atoms with van der Waals surface area (Å²) in [7, 11) is 4.23. The van der Waals surface area contributed by atoms with E-state index in [4.69, 9.17) is 0 Å². The van der Waals surface area contributed by atoms with Crippen molar-refractivity contribution in [2.45, 2.75) is 102 Å². The molecule has 2 aromatic carbocycles. The zero-order valence-corrected chi connectivity index (χ0v) is 27.5. The molecule has 8 heteroatoms. The van der Waals surface area contributed by atoms with Gasteiger partial charge in [0.25, 0.3) is 5.91 Å². The number of carbonyl (C=O) groups is 1. The van der Waals surface area contributed by atoms with Gasteiger partial charge in [-0.1, -0.05) is 101 Å². The van der Waals surface area contributed by atoms with Crippen molar-refractivity contribution in [3.05, 3.63) is 65.7 Å². The molecule has 0 aromatic heterocycles. The van der Waals surface area contributed by atoms with Crippen LogP contribution < -0.4 is 0 Å². The van der Waals surface area contributed by atoms with Crippen LogP contribution in [0.25, 0.3) is 0 Å². The highest BCUT2D eigenvalue weighted by Crippen LogP contribution is 2.21. The Labute approximate surface area is 250 Å². The number of amides is 1. The molecule has 0 aliphatic carbocycles. The molecule has 2 aromatic rings. The molecule has 0 aliphatic heterocycles. The van der Waals surface area contributed by atoms with Crippen LogP contribution in [-0.4, -0.2) is 74.3 Å². The topological polar surface area (TPSA) is 80.8 Å². The van der Waals surface area contributed by atoms with Crippen LogP contribution >= 0.6 is 0 Å². The Kier molecular flexibility index (Phi) is 17.1. The van der Waals surface area contributed by atoms with Crippen molar-refractivity contribution in [1.82, 2.24) is 10.0 Å². The predicted molar refractivity (Wildman–Crippen MR) is 168 cm³/mol. The number of hydrogen-bond donors (Lipinski definition) is 0. The zero-order valence-electron chi connectivity index (χ0n) is 26.6. The van der Waals surface area contributed by atoms with E-state index in [9.17, 15) is 17.8 Å². The summed E-state index contributed by atoms with van der Waals surface area (Å²) in [5.41, 5.74) is 1.68. The number of rotatable bonds is 17. The summed E-state index contributed by atoms with van der Waals surface area (Å²) in [5.74, 6) is 0.0849. The van der Waals surface area contributed by atoms with Crippen molar-refractivity contribution in [2.24, 2.45) is 0 Å². The van der Waals surface area contributed by atoms with Gasteiger partial charge in [-0.25, -0.2) is 18.4 Å². The Morgan fingerprint density at radius 2 is 1.29 bits per heavy atom. The van der Waals surface area contributed by atoms with Gasteiger partial charge in [-0.05, 0) is 44.0 Å². The molecule has 1 atom stereocenters. The molecule has 0 saturated heterocycles. The Morgan fingerprint density at radius 3 is 1.73 bits per heavy atom. The standard InChI is InChI=1S/C26H48N3O.C7H8O3S/c1-7-9-10-11-12-13-14-15-16-20-23-29(5,6)25(8-2)28(27(3)4)26(30)24-21-18-17-19-22-24;1-6-2-4-7(5-3-6)11(8,9)10/h17-19,21-22,25H,7-16,20,23H2,1-6H3;2-5H,1H3,(H,8,9,10)/q+1;/p-1. The van der Waals surface area contributed by atoms with Crippen LogP contribution in [0.1, 0.15) is 100 Å². The lowest BCUT2D eigenvalue weighted by Crippen LogP contribution is -2.62. The van der Waals surface area contributed by atoms with E-state index in [-0.39, 0.29) is 17.0 Å². The van der Waals surface area contributed by atoms with Gasteiger partial charge in [0.1, 0.15) is 10.1 Å². The number of quaternary nitrogens is 1. The predicted octanol–water partition coefficient (Wildman–Crippen LogP) is 7.24. The second-order valence-electron chi connectivity index (χ2n) is 11.7. The van der Waals surface area contributed by atoms with E-state index in [2.05, 4.69) is 27.9 Å². The number of benzene rings is 2. The minimum absolute atomic E-state index is 0.0849. The summed E-state index contributed by atoms with van der Waals surface area (Å²) >= 11 is 0. The third-order valence-electron chi connectivity index (χ3n) is 7.51. The lowest BCUT2D eigenvalue weighted by molar-refractivity contribution is -0.928. The zero-order chi connectivity index (χ0) is 30.9. The van der Waals surface area contributed by atoms with Gasteiger partial charge in [0.05, 0.1) is 25.5 Å². The van der Waals surface area contributed by atoms with Gasteiger partial charge in [-0.3, -0.25) is 4.79 Å². The number of unbranched alkanes of at least 4 members (excludes halogenated alkanes) is 9. The first-order valence-electron chi connectivity index (χ1n) is 15.3. The minimum Gasteiger partial charge on any atom is -0.744 e. The van der Waals surface area contributed by atoms with Crippen molar-refractivity contribution in [1.29, 1.82) is 0 Å². The van der Waals surface area contributed by atoms with E-state index >= 15 is 0 Å². The highest BCUT2D eigenvalue weighted by Gasteiger charge is 2.37. The normalized spacial score (nSPS) is 12.5. The molecular weight excluding hydrogens is 534 g/mol. The third-order valence-corrected chi connectivity index (χ3v) is 8.36. The van der Waals surface area contributed by atoms with E-state index in [1.807, 2.05) is 61.4 Å². The Morgan fingerprint density at radius 1 is 0.805 bits per heavy atom. The van der Waals surface area contributed by atoms with Crippen molar-refractivity contribution in [2.75, 3.05) is 34.7 Å².